The van der Waals surface area contributed by atoms with Gasteiger partial charge in [0.15, 0.2) is 0 Å². The van der Waals surface area contributed by atoms with E-state index in [2.05, 4.69) is 0 Å². The summed E-state index contributed by atoms with van der Waals surface area (Å²) in [7, 11) is 0. The lowest BCUT2D eigenvalue weighted by atomic mass is 10.1. The summed E-state index contributed by atoms with van der Waals surface area (Å²) >= 11 is 0. The third-order valence-electron chi connectivity index (χ3n) is 1.28. The van der Waals surface area contributed by atoms with Gasteiger partial charge in [-0.2, -0.15) is 0 Å². The highest BCUT2D eigenvalue weighted by atomic mass is 13.9. The smallest absolute Gasteiger partial charge is 0.0313 e. The molecule has 0 amide bonds. The highest BCUT2D eigenvalue weighted by Gasteiger charge is 1.89. The van der Waals surface area contributed by atoms with Crippen molar-refractivity contribution in [2.24, 2.45) is 0 Å². The Morgan fingerprint density at radius 2 is 2.33 bits per heavy atom. The fourth-order valence-electron chi connectivity index (χ4n) is 0.713. The highest BCUT2D eigenvalue weighted by molar-refractivity contribution is 5.24. The Morgan fingerprint density at radius 1 is 1.56 bits per heavy atom. The summed E-state index contributed by atoms with van der Waals surface area (Å²) in [5.74, 6) is 0. The van der Waals surface area contributed by atoms with Gasteiger partial charge in [0.25, 0.3) is 0 Å². The van der Waals surface area contributed by atoms with Crippen LogP contribution in [0.5, 0.6) is 0 Å². The topological polar surface area (TPSA) is 0 Å². The van der Waals surface area contributed by atoms with Crippen LogP contribution in [0.15, 0.2) is 24.3 Å². The lowest BCUT2D eigenvalue weighted by Crippen LogP contribution is -1.82. The van der Waals surface area contributed by atoms with Gasteiger partial charge < -0.3 is 0 Å². The zero-order valence-electron chi connectivity index (χ0n) is 10.3. The molecule has 0 heterocycles. The lowest BCUT2D eigenvalue weighted by molar-refractivity contribution is 1.11. The van der Waals surface area contributed by atoms with Crippen LogP contribution in [0.4, 0.5) is 0 Å². The van der Waals surface area contributed by atoms with Crippen molar-refractivity contribution in [1.82, 2.24) is 0 Å². The minimum atomic E-state index is -2.63. The van der Waals surface area contributed by atoms with Gasteiger partial charge in [0.1, 0.15) is 0 Å². The molecule has 0 aliphatic heterocycles. The number of benzene rings is 1. The second kappa shape index (κ2) is 2.67. The van der Waals surface area contributed by atoms with Crippen molar-refractivity contribution in [1.29, 1.82) is 0 Å². The van der Waals surface area contributed by atoms with Crippen LogP contribution in [0.3, 0.4) is 0 Å². The van der Waals surface area contributed by atoms with Crippen molar-refractivity contribution in [3.8, 4) is 0 Å². The van der Waals surface area contributed by atoms with E-state index < -0.39 is 13.2 Å². The van der Waals surface area contributed by atoms with Gasteiger partial charge in [0, 0.05) is 6.85 Å². The molecule has 0 heteroatoms. The largest absolute Gasteiger partial charge is 0.0620 e. The summed E-state index contributed by atoms with van der Waals surface area (Å²) in [6.45, 7) is -0.919. The van der Waals surface area contributed by atoms with Crippen LogP contribution in [0.2, 0.25) is 0 Å². The molecule has 0 radical (unpaired) electrons. The van der Waals surface area contributed by atoms with E-state index in [4.69, 9.17) is 6.85 Å². The van der Waals surface area contributed by atoms with E-state index in [1.54, 1.807) is 25.1 Å². The molecule has 0 spiro atoms. The van der Waals surface area contributed by atoms with Gasteiger partial charge in [0.05, 0.1) is 0 Å². The highest BCUT2D eigenvalue weighted by Crippen LogP contribution is 2.06. The van der Waals surface area contributed by atoms with E-state index in [9.17, 15) is 0 Å². The van der Waals surface area contributed by atoms with Crippen LogP contribution >= 0.6 is 0 Å². The van der Waals surface area contributed by atoms with Crippen LogP contribution < -0.4 is 0 Å². The molecule has 0 bridgehead atoms. The van der Waals surface area contributed by atoms with Gasteiger partial charge in [-0.05, 0) is 24.4 Å². The number of aryl methyl sites for hydroxylation is 2. The number of hydrogen-bond donors (Lipinski definition) is 0. The summed E-state index contributed by atoms with van der Waals surface area (Å²) in [6.07, 6.45) is -2.28. The zero-order chi connectivity index (χ0) is 11.0. The lowest BCUT2D eigenvalue weighted by Gasteiger charge is -1.98. The van der Waals surface area contributed by atoms with E-state index in [1.807, 2.05) is 0 Å². The first kappa shape index (κ1) is 2.45. The first-order chi connectivity index (χ1) is 6.27. The summed E-state index contributed by atoms with van der Waals surface area (Å²) < 4.78 is 36.5. The molecular formula is C9H12. The molecule has 0 aromatic heterocycles. The van der Waals surface area contributed by atoms with Crippen molar-refractivity contribution in [2.45, 2.75) is 20.1 Å². The molecule has 0 saturated heterocycles. The van der Waals surface area contributed by atoms with Crippen molar-refractivity contribution in [3.63, 3.8) is 0 Å². The predicted molar refractivity (Wildman–Crippen MR) is 40.6 cm³/mol. The van der Waals surface area contributed by atoms with Crippen LogP contribution in [-0.4, -0.2) is 0 Å². The monoisotopic (exact) mass is 125 g/mol. The van der Waals surface area contributed by atoms with Crippen molar-refractivity contribution < 1.29 is 6.85 Å². The van der Waals surface area contributed by atoms with E-state index in [1.165, 1.54) is 6.07 Å². The van der Waals surface area contributed by atoms with Crippen molar-refractivity contribution in [2.75, 3.05) is 0 Å². The van der Waals surface area contributed by atoms with Gasteiger partial charge >= 0.3 is 0 Å². The summed E-state index contributed by atoms with van der Waals surface area (Å²) in [4.78, 5) is 0. The van der Waals surface area contributed by atoms with E-state index in [0.29, 0.717) is 5.56 Å². The third kappa shape index (κ3) is 1.32. The van der Waals surface area contributed by atoms with Gasteiger partial charge in [-0.1, -0.05) is 31.1 Å². The maximum Gasteiger partial charge on any atom is 0.0313 e. The van der Waals surface area contributed by atoms with Crippen LogP contribution in [0, 0.1) is 6.92 Å². The van der Waals surface area contributed by atoms with Gasteiger partial charge in [-0.3, -0.25) is 0 Å². The average molecular weight is 125 g/mol. The number of rotatable bonds is 1. The molecule has 1 rings (SSSR count). The van der Waals surface area contributed by atoms with Crippen LogP contribution in [0.25, 0.3) is 0 Å². The molecule has 0 unspecified atom stereocenters. The minimum Gasteiger partial charge on any atom is -0.0620 e. The second-order valence-electron chi connectivity index (χ2n) is 1.94. The SMILES string of the molecule is [2H]C([2H])([2H])C([2H])([2H])c1ccccc1C. The Hall–Kier alpha value is -0.780. The quantitative estimate of drug-likeness (QED) is 0.541. The molecule has 0 aliphatic rings. The Balaban J connectivity index is 3.23. The fourth-order valence-corrected chi connectivity index (χ4v) is 0.713. The van der Waals surface area contributed by atoms with Gasteiger partial charge in [-0.25, -0.2) is 0 Å². The summed E-state index contributed by atoms with van der Waals surface area (Å²) in [5, 5.41) is 0. The van der Waals surface area contributed by atoms with Crippen LogP contribution in [0.1, 0.15) is 24.8 Å². The van der Waals surface area contributed by atoms with E-state index in [-0.39, 0.29) is 5.56 Å². The second-order valence-corrected chi connectivity index (χ2v) is 1.94. The molecule has 48 valence electrons. The molecule has 1 aromatic carbocycles. The van der Waals surface area contributed by atoms with Crippen LogP contribution in [-0.2, 0) is 6.37 Å². The maximum absolute atomic E-state index is 7.56. The van der Waals surface area contributed by atoms with Gasteiger partial charge in [-0.15, -0.1) is 0 Å². The van der Waals surface area contributed by atoms with Crippen molar-refractivity contribution >= 4 is 0 Å². The Labute approximate surface area is 63.6 Å². The summed E-state index contributed by atoms with van der Waals surface area (Å²) in [5.41, 5.74) is 0.897. The molecule has 0 atom stereocenters. The standard InChI is InChI=1S/C9H12/c1-3-9-7-5-4-6-8(9)2/h4-7H,3H2,1-2H3/i1D3,3D2. The fraction of sp³-hybridized carbons (Fsp3) is 0.333. The number of hydrogen-bond acceptors (Lipinski definition) is 0. The minimum absolute atomic E-state index is 0.236. The normalized spacial score (nSPS) is 20.8. The molecule has 0 saturated carbocycles. The molecule has 9 heavy (non-hydrogen) atoms. The molecule has 1 aromatic rings. The maximum atomic E-state index is 7.56. The summed E-state index contributed by atoms with van der Waals surface area (Å²) in [6, 6.07) is 6.63. The zero-order valence-corrected chi connectivity index (χ0v) is 5.31. The Morgan fingerprint density at radius 3 is 3.00 bits per heavy atom. The van der Waals surface area contributed by atoms with E-state index in [0.717, 1.165) is 0 Å². The first-order valence-corrected chi connectivity index (χ1v) is 2.83. The molecule has 0 aliphatic carbocycles. The van der Waals surface area contributed by atoms with Gasteiger partial charge in [0.2, 0.25) is 0 Å². The molecule has 0 nitrogen and oxygen atoms in total. The predicted octanol–water partition coefficient (Wildman–Crippen LogP) is 2.56. The average Bonchev–Trinajstić information content (AvgIpc) is 2.02. The van der Waals surface area contributed by atoms with E-state index >= 15 is 0 Å². The Kier molecular flexibility index (Phi) is 0.729. The Bertz CT molecular complexity index is 326. The third-order valence-corrected chi connectivity index (χ3v) is 1.28. The molecule has 0 N–H and O–H groups in total. The molecule has 0 fully saturated rings. The molecular weight excluding hydrogens is 108 g/mol. The first-order valence-electron chi connectivity index (χ1n) is 5.33. The van der Waals surface area contributed by atoms with Crippen molar-refractivity contribution in [3.05, 3.63) is 35.4 Å².